The number of esters is 4. The van der Waals surface area contributed by atoms with Gasteiger partial charge in [-0.1, -0.05) is 44.2 Å². The van der Waals surface area contributed by atoms with E-state index >= 15 is 0 Å². The number of carbonyl (C=O) groups is 4. The van der Waals surface area contributed by atoms with Crippen molar-refractivity contribution in [1.29, 1.82) is 0 Å². The van der Waals surface area contributed by atoms with Crippen LogP contribution < -0.4 is 9.47 Å². The maximum atomic E-state index is 12.0. The third-order valence-corrected chi connectivity index (χ3v) is 7.08. The van der Waals surface area contributed by atoms with Gasteiger partial charge in [0, 0.05) is 5.41 Å². The minimum Gasteiger partial charge on any atom is -0.457 e. The zero-order valence-electron chi connectivity index (χ0n) is 21.6. The van der Waals surface area contributed by atoms with Crippen molar-refractivity contribution in [2.75, 3.05) is 0 Å². The maximum absolute atomic E-state index is 12.0. The first-order valence-electron chi connectivity index (χ1n) is 12.5. The van der Waals surface area contributed by atoms with Crippen LogP contribution in [0.15, 0.2) is 84.9 Å². The van der Waals surface area contributed by atoms with Gasteiger partial charge >= 0.3 is 23.9 Å². The molecule has 2 heterocycles. The zero-order valence-corrected chi connectivity index (χ0v) is 21.6. The van der Waals surface area contributed by atoms with Crippen LogP contribution in [0.3, 0.4) is 0 Å². The number of hydrogen-bond donors (Lipinski definition) is 0. The number of rotatable bonds is 6. The molecule has 0 unspecified atom stereocenters. The molecule has 0 radical (unpaired) electrons. The summed E-state index contributed by atoms with van der Waals surface area (Å²) in [5, 5.41) is 0. The van der Waals surface area contributed by atoms with E-state index in [9.17, 15) is 19.2 Å². The number of cyclic esters (lactones) is 4. The van der Waals surface area contributed by atoms with Gasteiger partial charge in [-0.25, -0.2) is 14.4 Å². The SMILES string of the molecule is CC(C)(c1ccc(Oc2ccc3c(c2)C(=O)OC(=O)C3)cc1)c1ccc(Oc2ccc3c(c2)C(=O)OC3=O)cc1. The van der Waals surface area contributed by atoms with Crippen LogP contribution in [0.5, 0.6) is 23.0 Å². The average molecular weight is 535 g/mol. The first-order valence-corrected chi connectivity index (χ1v) is 12.5. The van der Waals surface area contributed by atoms with Crippen LogP contribution >= 0.6 is 0 Å². The molecule has 8 nitrogen and oxygen atoms in total. The lowest BCUT2D eigenvalue weighted by Crippen LogP contribution is -2.22. The van der Waals surface area contributed by atoms with Crippen LogP contribution in [-0.4, -0.2) is 23.9 Å². The molecule has 0 atom stereocenters. The van der Waals surface area contributed by atoms with Crippen molar-refractivity contribution in [2.24, 2.45) is 0 Å². The molecule has 0 aromatic heterocycles. The molecule has 0 spiro atoms. The van der Waals surface area contributed by atoms with Gasteiger partial charge in [-0.2, -0.15) is 0 Å². The molecule has 6 rings (SSSR count). The molecule has 198 valence electrons. The van der Waals surface area contributed by atoms with Gasteiger partial charge in [-0.05, 0) is 71.3 Å². The van der Waals surface area contributed by atoms with Gasteiger partial charge in [0.25, 0.3) is 0 Å². The Balaban J connectivity index is 1.15. The second-order valence-electron chi connectivity index (χ2n) is 10.0. The van der Waals surface area contributed by atoms with Gasteiger partial charge in [0.2, 0.25) is 0 Å². The van der Waals surface area contributed by atoms with Crippen LogP contribution in [0.25, 0.3) is 0 Å². The molecule has 2 aliphatic rings. The first-order chi connectivity index (χ1) is 19.2. The summed E-state index contributed by atoms with van der Waals surface area (Å²) in [6.07, 6.45) is 0.0604. The lowest BCUT2D eigenvalue weighted by atomic mass is 9.78. The second kappa shape index (κ2) is 9.50. The second-order valence-corrected chi connectivity index (χ2v) is 10.0. The van der Waals surface area contributed by atoms with E-state index in [-0.39, 0.29) is 23.0 Å². The van der Waals surface area contributed by atoms with Gasteiger partial charge in [-0.15, -0.1) is 0 Å². The normalized spacial score (nSPS) is 14.2. The van der Waals surface area contributed by atoms with Crippen LogP contribution in [-0.2, 0) is 26.1 Å². The Morgan fingerprint density at radius 1 is 0.550 bits per heavy atom. The predicted octanol–water partition coefficient (Wildman–Crippen LogP) is 6.15. The van der Waals surface area contributed by atoms with Gasteiger partial charge < -0.3 is 18.9 Å². The van der Waals surface area contributed by atoms with Crippen molar-refractivity contribution in [2.45, 2.75) is 25.7 Å². The molecule has 0 fully saturated rings. The number of hydrogen-bond acceptors (Lipinski definition) is 8. The quantitative estimate of drug-likeness (QED) is 0.214. The molecule has 0 aliphatic carbocycles. The van der Waals surface area contributed by atoms with E-state index in [1.807, 2.05) is 48.5 Å². The third-order valence-electron chi connectivity index (χ3n) is 7.08. The van der Waals surface area contributed by atoms with Crippen LogP contribution in [0, 0.1) is 0 Å². The topological polar surface area (TPSA) is 105 Å². The average Bonchev–Trinajstić information content (AvgIpc) is 3.22. The van der Waals surface area contributed by atoms with Crippen LogP contribution in [0.2, 0.25) is 0 Å². The highest BCUT2D eigenvalue weighted by molar-refractivity contribution is 6.14. The predicted molar refractivity (Wildman–Crippen MR) is 142 cm³/mol. The fourth-order valence-electron chi connectivity index (χ4n) is 4.76. The zero-order chi connectivity index (χ0) is 28.0. The minimum absolute atomic E-state index is 0.0604. The Labute approximate surface area is 229 Å². The molecule has 8 heteroatoms. The smallest absolute Gasteiger partial charge is 0.347 e. The first kappa shape index (κ1) is 25.1. The summed E-state index contributed by atoms with van der Waals surface area (Å²) < 4.78 is 21.2. The molecule has 0 amide bonds. The summed E-state index contributed by atoms with van der Waals surface area (Å²) in [7, 11) is 0. The molecular weight excluding hydrogens is 512 g/mol. The summed E-state index contributed by atoms with van der Waals surface area (Å²) in [6, 6.07) is 25.0. The third kappa shape index (κ3) is 4.60. The van der Waals surface area contributed by atoms with Crippen LogP contribution in [0.4, 0.5) is 0 Å². The van der Waals surface area contributed by atoms with E-state index in [0.29, 0.717) is 34.1 Å². The van der Waals surface area contributed by atoms with E-state index in [4.69, 9.17) is 14.2 Å². The summed E-state index contributed by atoms with van der Waals surface area (Å²) in [6.45, 7) is 4.22. The largest absolute Gasteiger partial charge is 0.457 e. The Kier molecular flexibility index (Phi) is 5.95. The summed E-state index contributed by atoms with van der Waals surface area (Å²) >= 11 is 0. The van der Waals surface area contributed by atoms with Crippen molar-refractivity contribution >= 4 is 23.9 Å². The van der Waals surface area contributed by atoms with Crippen molar-refractivity contribution in [1.82, 2.24) is 0 Å². The van der Waals surface area contributed by atoms with E-state index in [1.165, 1.54) is 12.1 Å². The molecule has 0 N–H and O–H groups in total. The monoisotopic (exact) mass is 534 g/mol. The lowest BCUT2D eigenvalue weighted by Gasteiger charge is -2.26. The van der Waals surface area contributed by atoms with E-state index in [1.54, 1.807) is 24.3 Å². The highest BCUT2D eigenvalue weighted by Crippen LogP contribution is 2.35. The Morgan fingerprint density at radius 2 is 1.02 bits per heavy atom. The fraction of sp³-hybridized carbons (Fsp3) is 0.125. The van der Waals surface area contributed by atoms with Crippen molar-refractivity contribution in [3.05, 3.63) is 118 Å². The highest BCUT2D eigenvalue weighted by Gasteiger charge is 2.30. The number of carbonyl (C=O) groups excluding carboxylic acids is 4. The Morgan fingerprint density at radius 3 is 1.62 bits per heavy atom. The van der Waals surface area contributed by atoms with Crippen LogP contribution in [0.1, 0.15) is 61.6 Å². The molecule has 4 aromatic rings. The van der Waals surface area contributed by atoms with Gasteiger partial charge in [-0.3, -0.25) is 4.79 Å². The minimum atomic E-state index is -0.677. The Bertz CT molecular complexity index is 1700. The number of benzene rings is 4. The summed E-state index contributed by atoms with van der Waals surface area (Å²) in [4.78, 5) is 47.0. The van der Waals surface area contributed by atoms with Gasteiger partial charge in [0.1, 0.15) is 23.0 Å². The Hall–Kier alpha value is -5.24. The molecule has 0 bridgehead atoms. The summed E-state index contributed by atoms with van der Waals surface area (Å²) in [5.74, 6) is -0.471. The van der Waals surface area contributed by atoms with Crippen molar-refractivity contribution in [3.8, 4) is 23.0 Å². The van der Waals surface area contributed by atoms with Crippen molar-refractivity contribution < 1.29 is 38.1 Å². The molecule has 2 aliphatic heterocycles. The van der Waals surface area contributed by atoms with Gasteiger partial charge in [0.05, 0.1) is 23.1 Å². The van der Waals surface area contributed by atoms with Gasteiger partial charge in [0.15, 0.2) is 0 Å². The standard InChI is InChI=1S/C32H22O8/c1-32(2,20-6-11-22(12-7-20)38-24-13-14-25-27(17-24)31(36)40-29(25)34)19-4-9-21(10-5-19)37-23-8-3-18-15-28(33)39-30(35)26(18)16-23/h3-14,16-17H,15H2,1-2H3. The molecule has 40 heavy (non-hydrogen) atoms. The molecule has 0 saturated heterocycles. The lowest BCUT2D eigenvalue weighted by molar-refractivity contribution is -0.137. The highest BCUT2D eigenvalue weighted by atomic mass is 16.6. The molecule has 4 aromatic carbocycles. The fourth-order valence-corrected chi connectivity index (χ4v) is 4.76. The van der Waals surface area contributed by atoms with Crippen molar-refractivity contribution in [3.63, 3.8) is 0 Å². The molecular formula is C32H22O8. The maximum Gasteiger partial charge on any atom is 0.347 e. The van der Waals surface area contributed by atoms with E-state index < -0.39 is 23.9 Å². The van der Waals surface area contributed by atoms with E-state index in [2.05, 4.69) is 18.6 Å². The molecule has 0 saturated carbocycles. The number of ether oxygens (including phenoxy) is 4. The summed E-state index contributed by atoms with van der Waals surface area (Å²) in [5.41, 5.74) is 3.15. The van der Waals surface area contributed by atoms with E-state index in [0.717, 1.165) is 11.1 Å². The number of fused-ring (bicyclic) bond motifs is 2.